The summed E-state index contributed by atoms with van der Waals surface area (Å²) < 4.78 is 40.5. The van der Waals surface area contributed by atoms with Gasteiger partial charge in [0.2, 0.25) is 11.8 Å². The smallest absolute Gasteiger partial charge is 0.374 e. The van der Waals surface area contributed by atoms with Crippen LogP contribution in [0.4, 0.5) is 24.5 Å². The predicted octanol–water partition coefficient (Wildman–Crippen LogP) is 2.73. The van der Waals surface area contributed by atoms with Gasteiger partial charge in [-0.15, -0.1) is 0 Å². The van der Waals surface area contributed by atoms with Crippen LogP contribution in [0.15, 0.2) is 18.2 Å². The Morgan fingerprint density at radius 2 is 1.88 bits per heavy atom. The van der Waals surface area contributed by atoms with Gasteiger partial charge in [0.15, 0.2) is 0 Å². The molecule has 5 nitrogen and oxygen atoms in total. The molecule has 2 amide bonds. The molecule has 8 heteroatoms. The maximum Gasteiger partial charge on any atom is 0.418 e. The van der Waals surface area contributed by atoms with E-state index in [2.05, 4.69) is 17.1 Å². The number of halogens is 3. The summed E-state index contributed by atoms with van der Waals surface area (Å²) in [6, 6.07) is 3.32. The number of hydrogen-bond acceptors (Lipinski definition) is 4. The predicted molar refractivity (Wildman–Crippen MR) is 87.0 cm³/mol. The van der Waals surface area contributed by atoms with Crippen LogP contribution in [0, 0.1) is 6.42 Å². The molecule has 1 aromatic rings. The van der Waals surface area contributed by atoms with Crippen LogP contribution >= 0.6 is 0 Å². The third-order valence-electron chi connectivity index (χ3n) is 4.43. The lowest BCUT2D eigenvalue weighted by Crippen LogP contribution is -2.47. The topological polar surface area (TPSA) is 61.4 Å². The average molecular weight is 354 g/mol. The number of carbonyl (C=O) groups is 2. The molecule has 1 aromatic carbocycles. The number of imide groups is 1. The Bertz CT molecular complexity index is 670. The van der Waals surface area contributed by atoms with Crippen LogP contribution in [-0.4, -0.2) is 30.9 Å². The molecule has 2 fully saturated rings. The number of nitrogens with zero attached hydrogens (tertiary/aromatic N) is 1. The van der Waals surface area contributed by atoms with Crippen molar-refractivity contribution >= 4 is 23.2 Å². The van der Waals surface area contributed by atoms with Crippen LogP contribution < -0.4 is 15.5 Å². The molecule has 0 aliphatic carbocycles. The molecule has 0 aromatic heterocycles. The molecule has 135 valence electrons. The van der Waals surface area contributed by atoms with Gasteiger partial charge in [0.05, 0.1) is 5.56 Å². The first kappa shape index (κ1) is 17.6. The second kappa shape index (κ2) is 6.93. The van der Waals surface area contributed by atoms with Crippen LogP contribution in [0.5, 0.6) is 0 Å². The maximum absolute atomic E-state index is 13.5. The molecule has 2 aliphatic rings. The fourth-order valence-corrected chi connectivity index (χ4v) is 3.15. The Morgan fingerprint density at radius 1 is 1.16 bits per heavy atom. The third-order valence-corrected chi connectivity index (χ3v) is 4.43. The first-order chi connectivity index (χ1) is 11.8. The standard InChI is InChI=1S/C17H19F3N3O2/c18-17(19,20)12-10-11(21-13-5-7-15(24)22-16(13)25)4-6-14(12)23-8-2-1-3-9-23/h1,4,6,10,13,21H,2-3,5,7-9H2,(H,22,24,25). The number of alkyl halides is 3. The van der Waals surface area contributed by atoms with E-state index in [0.29, 0.717) is 13.1 Å². The van der Waals surface area contributed by atoms with Crippen molar-refractivity contribution in [2.45, 2.75) is 37.9 Å². The van der Waals surface area contributed by atoms with Crippen molar-refractivity contribution < 1.29 is 22.8 Å². The van der Waals surface area contributed by atoms with Gasteiger partial charge in [-0.25, -0.2) is 0 Å². The highest BCUT2D eigenvalue weighted by Crippen LogP contribution is 2.39. The highest BCUT2D eigenvalue weighted by Gasteiger charge is 2.36. The Kier molecular flexibility index (Phi) is 4.87. The van der Waals surface area contributed by atoms with Gasteiger partial charge in [-0.1, -0.05) is 0 Å². The number of amides is 2. The minimum Gasteiger partial charge on any atom is -0.374 e. The molecule has 1 radical (unpaired) electrons. The minimum atomic E-state index is -4.49. The van der Waals surface area contributed by atoms with Crippen LogP contribution in [0.3, 0.4) is 0 Å². The highest BCUT2D eigenvalue weighted by atomic mass is 19.4. The number of nitrogens with one attached hydrogen (secondary N) is 2. The Balaban J connectivity index is 1.84. The molecule has 3 rings (SSSR count). The summed E-state index contributed by atoms with van der Waals surface area (Å²) in [5.41, 5.74) is -0.338. The number of benzene rings is 1. The average Bonchev–Trinajstić information content (AvgIpc) is 2.57. The quantitative estimate of drug-likeness (QED) is 0.820. The molecule has 25 heavy (non-hydrogen) atoms. The Morgan fingerprint density at radius 3 is 2.52 bits per heavy atom. The van der Waals surface area contributed by atoms with Gasteiger partial charge in [-0.2, -0.15) is 13.2 Å². The zero-order valence-electron chi connectivity index (χ0n) is 13.5. The Labute approximate surface area is 143 Å². The van der Waals surface area contributed by atoms with Crippen molar-refractivity contribution in [1.29, 1.82) is 0 Å². The lowest BCUT2D eigenvalue weighted by molar-refractivity contribution is -0.137. The van der Waals surface area contributed by atoms with E-state index in [9.17, 15) is 22.8 Å². The molecule has 1 unspecified atom stereocenters. The molecule has 0 bridgehead atoms. The molecular formula is C17H19F3N3O2. The van der Waals surface area contributed by atoms with Crippen LogP contribution in [0.2, 0.25) is 0 Å². The van der Waals surface area contributed by atoms with Crippen molar-refractivity contribution in [3.05, 3.63) is 30.2 Å². The summed E-state index contributed by atoms with van der Waals surface area (Å²) in [6.45, 7) is 1.12. The number of hydrogen-bond donors (Lipinski definition) is 2. The van der Waals surface area contributed by atoms with Crippen LogP contribution in [0.1, 0.15) is 31.2 Å². The van der Waals surface area contributed by atoms with Crippen molar-refractivity contribution in [3.8, 4) is 0 Å². The summed E-state index contributed by atoms with van der Waals surface area (Å²) in [4.78, 5) is 24.7. The molecule has 2 aliphatic heterocycles. The number of piperidine rings is 2. The van der Waals surface area contributed by atoms with E-state index in [-0.39, 0.29) is 30.1 Å². The minimum absolute atomic E-state index is 0.162. The van der Waals surface area contributed by atoms with Crippen LogP contribution in [0.25, 0.3) is 0 Å². The van der Waals surface area contributed by atoms with Gasteiger partial charge in [-0.05, 0) is 43.9 Å². The lowest BCUT2D eigenvalue weighted by Gasteiger charge is -2.31. The monoisotopic (exact) mass is 354 g/mol. The Hall–Kier alpha value is -2.25. The SMILES string of the molecule is O=C1CCC(Nc2ccc(N3CC[CH]CC3)c(C(F)(F)F)c2)C(=O)N1. The lowest BCUT2D eigenvalue weighted by atomic mass is 10.0. The van der Waals surface area contributed by atoms with Gasteiger partial charge in [0, 0.05) is 30.9 Å². The van der Waals surface area contributed by atoms with E-state index in [1.807, 2.05) is 0 Å². The normalized spacial score (nSPS) is 21.9. The molecule has 2 saturated heterocycles. The largest absolute Gasteiger partial charge is 0.418 e. The van der Waals surface area contributed by atoms with Crippen molar-refractivity contribution in [2.75, 3.05) is 23.3 Å². The van der Waals surface area contributed by atoms with Crippen LogP contribution in [-0.2, 0) is 15.8 Å². The molecule has 2 heterocycles. The summed E-state index contributed by atoms with van der Waals surface area (Å²) >= 11 is 0. The highest BCUT2D eigenvalue weighted by molar-refractivity contribution is 6.01. The zero-order valence-corrected chi connectivity index (χ0v) is 13.5. The fourth-order valence-electron chi connectivity index (χ4n) is 3.15. The zero-order chi connectivity index (χ0) is 18.0. The van der Waals surface area contributed by atoms with Crippen molar-refractivity contribution in [1.82, 2.24) is 5.32 Å². The second-order valence-electron chi connectivity index (χ2n) is 6.23. The van der Waals surface area contributed by atoms with Crippen molar-refractivity contribution in [2.24, 2.45) is 0 Å². The van der Waals surface area contributed by atoms with E-state index in [0.717, 1.165) is 18.9 Å². The number of anilines is 2. The molecule has 2 N–H and O–H groups in total. The van der Waals surface area contributed by atoms with E-state index in [4.69, 9.17) is 0 Å². The molecular weight excluding hydrogens is 335 g/mol. The number of rotatable bonds is 3. The molecule has 0 saturated carbocycles. The summed E-state index contributed by atoms with van der Waals surface area (Å²) in [6.07, 6.45) is -0.476. The van der Waals surface area contributed by atoms with E-state index in [1.165, 1.54) is 6.07 Å². The fraction of sp³-hybridized carbons (Fsp3) is 0.471. The first-order valence-corrected chi connectivity index (χ1v) is 8.22. The number of carbonyl (C=O) groups excluding carboxylic acids is 2. The third kappa shape index (κ3) is 4.05. The van der Waals surface area contributed by atoms with Gasteiger partial charge < -0.3 is 10.2 Å². The summed E-state index contributed by atoms with van der Waals surface area (Å²) in [7, 11) is 0. The van der Waals surface area contributed by atoms with E-state index < -0.39 is 23.7 Å². The van der Waals surface area contributed by atoms with Crippen molar-refractivity contribution in [3.63, 3.8) is 0 Å². The molecule has 0 spiro atoms. The summed E-state index contributed by atoms with van der Waals surface area (Å²) in [5.74, 6) is -0.878. The van der Waals surface area contributed by atoms with E-state index >= 15 is 0 Å². The first-order valence-electron chi connectivity index (χ1n) is 8.22. The van der Waals surface area contributed by atoms with E-state index in [1.54, 1.807) is 11.0 Å². The van der Waals surface area contributed by atoms with Gasteiger partial charge in [0.1, 0.15) is 6.04 Å². The molecule has 1 atom stereocenters. The maximum atomic E-state index is 13.5. The van der Waals surface area contributed by atoms with Gasteiger partial charge in [0.25, 0.3) is 0 Å². The second-order valence-corrected chi connectivity index (χ2v) is 6.23. The summed E-state index contributed by atoms with van der Waals surface area (Å²) in [5, 5.41) is 4.99. The van der Waals surface area contributed by atoms with Gasteiger partial charge in [-0.3, -0.25) is 14.9 Å². The van der Waals surface area contributed by atoms with Gasteiger partial charge >= 0.3 is 6.18 Å².